The number of para-hydroxylation sites is 1. The van der Waals surface area contributed by atoms with Gasteiger partial charge in [0.15, 0.2) is 5.69 Å². The zero-order chi connectivity index (χ0) is 25.8. The highest BCUT2D eigenvalue weighted by atomic mass is 16.6. The van der Waals surface area contributed by atoms with Crippen LogP contribution in [-0.4, -0.2) is 63.5 Å². The normalized spacial score (nSPS) is 18.5. The first-order valence-electron chi connectivity index (χ1n) is 12.4. The molecule has 192 valence electrons. The lowest BCUT2D eigenvalue weighted by molar-refractivity contribution is -0.143. The highest BCUT2D eigenvalue weighted by molar-refractivity contribution is 6.05. The van der Waals surface area contributed by atoms with Gasteiger partial charge < -0.3 is 19.7 Å². The Morgan fingerprint density at radius 1 is 1.17 bits per heavy atom. The summed E-state index contributed by atoms with van der Waals surface area (Å²) in [7, 11) is 0. The largest absolute Gasteiger partial charge is 0.466 e. The average molecular weight is 487 g/mol. The number of likely N-dealkylation sites (tertiary alicyclic amines) is 1. The molecule has 2 amide bonds. The van der Waals surface area contributed by atoms with Crippen LogP contribution in [0, 0.1) is 0 Å². The van der Waals surface area contributed by atoms with E-state index in [-0.39, 0.29) is 36.4 Å². The van der Waals surface area contributed by atoms with Crippen molar-refractivity contribution in [2.75, 3.05) is 13.2 Å². The molecule has 1 aromatic carbocycles. The lowest BCUT2D eigenvalue weighted by Crippen LogP contribution is -2.55. The predicted octanol–water partition coefficient (Wildman–Crippen LogP) is 4.46. The summed E-state index contributed by atoms with van der Waals surface area (Å²) in [5, 5.41) is 8.46. The number of ether oxygens (including phenoxy) is 2. The van der Waals surface area contributed by atoms with E-state index in [2.05, 4.69) is 10.4 Å². The number of benzene rings is 1. The molecule has 1 aliphatic rings. The van der Waals surface area contributed by atoms with Crippen LogP contribution in [0.4, 0.5) is 4.79 Å². The van der Waals surface area contributed by atoms with Crippen LogP contribution >= 0.6 is 0 Å². The smallest absolute Gasteiger partial charge is 0.410 e. The number of rotatable bonds is 7. The van der Waals surface area contributed by atoms with Crippen LogP contribution in [0.3, 0.4) is 0 Å². The molecule has 2 aromatic rings. The van der Waals surface area contributed by atoms with Crippen molar-refractivity contribution in [1.82, 2.24) is 20.0 Å². The fraction of sp³-hybridized carbons (Fsp3) is 0.615. The Morgan fingerprint density at radius 2 is 1.89 bits per heavy atom. The quantitative estimate of drug-likeness (QED) is 0.580. The fourth-order valence-electron chi connectivity index (χ4n) is 4.41. The highest BCUT2D eigenvalue weighted by Crippen LogP contribution is 2.26. The number of hydrogen-bond acceptors (Lipinski definition) is 6. The van der Waals surface area contributed by atoms with Gasteiger partial charge in [0, 0.05) is 36.5 Å². The molecule has 2 unspecified atom stereocenters. The number of carbonyl (C=O) groups excluding carboxylic acids is 3. The van der Waals surface area contributed by atoms with E-state index in [1.54, 1.807) is 11.8 Å². The van der Waals surface area contributed by atoms with Gasteiger partial charge >= 0.3 is 12.1 Å². The maximum atomic E-state index is 13.3. The standard InChI is InChI=1S/C26H38N4O5/c1-7-34-22(31)15-14-19-13-12-18(16-29(19)25(33)35-26(4,5)6)27-24(32)23-20-10-8-9-11-21(20)30(28-23)17(2)3/h8-11,17-19H,7,12-16H2,1-6H3,(H,27,32). The van der Waals surface area contributed by atoms with Crippen molar-refractivity contribution in [2.24, 2.45) is 0 Å². The minimum atomic E-state index is -0.651. The van der Waals surface area contributed by atoms with Crippen LogP contribution in [0.25, 0.3) is 10.9 Å². The van der Waals surface area contributed by atoms with E-state index in [1.165, 1.54) is 0 Å². The van der Waals surface area contributed by atoms with Gasteiger partial charge in [0.05, 0.1) is 12.1 Å². The third-order valence-electron chi connectivity index (χ3n) is 5.97. The van der Waals surface area contributed by atoms with Crippen molar-refractivity contribution in [3.63, 3.8) is 0 Å². The van der Waals surface area contributed by atoms with Gasteiger partial charge in [0.25, 0.3) is 5.91 Å². The van der Waals surface area contributed by atoms with Crippen molar-refractivity contribution >= 4 is 28.9 Å². The van der Waals surface area contributed by atoms with Crippen LogP contribution in [-0.2, 0) is 14.3 Å². The van der Waals surface area contributed by atoms with Gasteiger partial charge in [-0.2, -0.15) is 5.10 Å². The van der Waals surface area contributed by atoms with Crippen molar-refractivity contribution in [3.8, 4) is 0 Å². The Balaban J connectivity index is 1.75. The van der Waals surface area contributed by atoms with Gasteiger partial charge in [0.2, 0.25) is 0 Å². The van der Waals surface area contributed by atoms with Gasteiger partial charge in [0.1, 0.15) is 5.60 Å². The lowest BCUT2D eigenvalue weighted by atomic mass is 9.95. The molecule has 0 spiro atoms. The van der Waals surface area contributed by atoms with E-state index in [0.29, 0.717) is 38.1 Å². The van der Waals surface area contributed by atoms with E-state index in [9.17, 15) is 14.4 Å². The second-order valence-corrected chi connectivity index (χ2v) is 10.3. The molecule has 1 aromatic heterocycles. The highest BCUT2D eigenvalue weighted by Gasteiger charge is 2.35. The summed E-state index contributed by atoms with van der Waals surface area (Å²) in [5.41, 5.74) is 0.634. The molecule has 1 aliphatic heterocycles. The second-order valence-electron chi connectivity index (χ2n) is 10.3. The number of nitrogens with zero attached hydrogens (tertiary/aromatic N) is 3. The number of esters is 1. The first kappa shape index (κ1) is 26.5. The third kappa shape index (κ3) is 6.74. The molecule has 9 heteroatoms. The number of carbonyl (C=O) groups is 3. The molecule has 35 heavy (non-hydrogen) atoms. The molecule has 0 aliphatic carbocycles. The minimum Gasteiger partial charge on any atom is -0.466 e. The molecule has 0 saturated carbocycles. The summed E-state index contributed by atoms with van der Waals surface area (Å²) in [5.74, 6) is -0.542. The number of amides is 2. The van der Waals surface area contributed by atoms with Crippen molar-refractivity contribution < 1.29 is 23.9 Å². The van der Waals surface area contributed by atoms with E-state index >= 15 is 0 Å². The lowest BCUT2D eigenvalue weighted by Gasteiger charge is -2.40. The summed E-state index contributed by atoms with van der Waals surface area (Å²) in [6, 6.07) is 7.37. The van der Waals surface area contributed by atoms with Crippen LogP contribution in [0.1, 0.15) is 83.8 Å². The number of nitrogens with one attached hydrogen (secondary N) is 1. The molecule has 0 radical (unpaired) electrons. The Kier molecular flexibility index (Phi) is 8.40. The molecular weight excluding hydrogens is 448 g/mol. The molecule has 1 saturated heterocycles. The molecule has 1 N–H and O–H groups in total. The Labute approximate surface area is 207 Å². The zero-order valence-electron chi connectivity index (χ0n) is 21.7. The van der Waals surface area contributed by atoms with Crippen LogP contribution in [0.15, 0.2) is 24.3 Å². The third-order valence-corrected chi connectivity index (χ3v) is 5.97. The zero-order valence-corrected chi connectivity index (χ0v) is 21.7. The van der Waals surface area contributed by atoms with Crippen molar-refractivity contribution in [2.45, 2.75) is 91.0 Å². The molecular formula is C26H38N4O5. The van der Waals surface area contributed by atoms with E-state index in [4.69, 9.17) is 9.47 Å². The summed E-state index contributed by atoms with van der Waals surface area (Å²) in [6.07, 6.45) is 1.60. The topological polar surface area (TPSA) is 103 Å². The monoisotopic (exact) mass is 486 g/mol. The SMILES string of the molecule is CCOC(=O)CCC1CCC(NC(=O)c2nn(C(C)C)c3ccccc23)CN1C(=O)OC(C)(C)C. The van der Waals surface area contributed by atoms with E-state index < -0.39 is 11.7 Å². The second kappa shape index (κ2) is 11.1. The molecule has 9 nitrogen and oxygen atoms in total. The number of piperidine rings is 1. The van der Waals surface area contributed by atoms with Gasteiger partial charge in [-0.05, 0) is 66.9 Å². The van der Waals surface area contributed by atoms with E-state index in [0.717, 1.165) is 10.9 Å². The predicted molar refractivity (Wildman–Crippen MR) is 133 cm³/mol. The Morgan fingerprint density at radius 3 is 2.54 bits per heavy atom. The van der Waals surface area contributed by atoms with Crippen LogP contribution in [0.5, 0.6) is 0 Å². The minimum absolute atomic E-state index is 0.110. The summed E-state index contributed by atoms with van der Waals surface area (Å²) in [6.45, 7) is 11.9. The number of hydrogen-bond donors (Lipinski definition) is 1. The Bertz CT molecular complexity index is 1060. The summed E-state index contributed by atoms with van der Waals surface area (Å²) < 4.78 is 12.5. The molecule has 0 bridgehead atoms. The molecule has 1 fully saturated rings. The summed E-state index contributed by atoms with van der Waals surface area (Å²) in [4.78, 5) is 39.8. The van der Waals surface area contributed by atoms with Gasteiger partial charge in [-0.1, -0.05) is 18.2 Å². The van der Waals surface area contributed by atoms with Crippen molar-refractivity contribution in [3.05, 3.63) is 30.0 Å². The molecule has 2 atom stereocenters. The maximum Gasteiger partial charge on any atom is 0.410 e. The van der Waals surface area contributed by atoms with Crippen LogP contribution < -0.4 is 5.32 Å². The van der Waals surface area contributed by atoms with Crippen LogP contribution in [0.2, 0.25) is 0 Å². The number of aromatic nitrogens is 2. The average Bonchev–Trinajstić information content (AvgIpc) is 3.17. The van der Waals surface area contributed by atoms with Gasteiger partial charge in [-0.3, -0.25) is 14.3 Å². The maximum absolute atomic E-state index is 13.3. The van der Waals surface area contributed by atoms with Gasteiger partial charge in [-0.25, -0.2) is 4.79 Å². The van der Waals surface area contributed by atoms with Crippen molar-refractivity contribution in [1.29, 1.82) is 0 Å². The first-order valence-corrected chi connectivity index (χ1v) is 12.4. The van der Waals surface area contributed by atoms with Gasteiger partial charge in [-0.15, -0.1) is 0 Å². The number of fused-ring (bicyclic) bond motifs is 1. The van der Waals surface area contributed by atoms with E-state index in [1.807, 2.05) is 63.6 Å². The molecule has 2 heterocycles. The first-order chi connectivity index (χ1) is 16.5. The summed E-state index contributed by atoms with van der Waals surface area (Å²) >= 11 is 0. The Hall–Kier alpha value is -3.10. The fourth-order valence-corrected chi connectivity index (χ4v) is 4.41. The molecule has 3 rings (SSSR count).